The van der Waals surface area contributed by atoms with E-state index >= 15 is 0 Å². The molecule has 3 heteroatoms. The molecule has 0 spiro atoms. The minimum absolute atomic E-state index is 0.299. The van der Waals surface area contributed by atoms with Crippen molar-refractivity contribution in [2.24, 2.45) is 0 Å². The second-order valence-electron chi connectivity index (χ2n) is 4.07. The average molecular weight is 254 g/mol. The number of carboxylic acid groups (broad SMARTS) is 1. The molecular formula is C16H14O3. The first-order valence-corrected chi connectivity index (χ1v) is 6.07. The van der Waals surface area contributed by atoms with Gasteiger partial charge in [-0.05, 0) is 24.1 Å². The van der Waals surface area contributed by atoms with E-state index in [-0.39, 0.29) is 0 Å². The second kappa shape index (κ2) is 6.23. The average Bonchev–Trinajstić information content (AvgIpc) is 2.45. The maximum absolute atomic E-state index is 11.1. The third-order valence-corrected chi connectivity index (χ3v) is 2.83. The Morgan fingerprint density at radius 3 is 2.84 bits per heavy atom. The van der Waals surface area contributed by atoms with E-state index in [0.717, 1.165) is 11.1 Å². The van der Waals surface area contributed by atoms with Crippen molar-refractivity contribution in [3.63, 3.8) is 0 Å². The van der Waals surface area contributed by atoms with Crippen LogP contribution in [0.3, 0.4) is 0 Å². The number of rotatable bonds is 5. The molecule has 96 valence electrons. The molecule has 0 saturated heterocycles. The van der Waals surface area contributed by atoms with Crippen LogP contribution in [0.15, 0.2) is 42.0 Å². The van der Waals surface area contributed by atoms with Crippen LogP contribution in [-0.2, 0) is 6.42 Å². The van der Waals surface area contributed by atoms with Crippen LogP contribution in [0.25, 0.3) is 0 Å². The molecule has 1 N–H and O–H groups in total. The molecule has 1 aliphatic rings. The van der Waals surface area contributed by atoms with Crippen molar-refractivity contribution in [3.8, 4) is 5.75 Å². The van der Waals surface area contributed by atoms with Crippen molar-refractivity contribution in [2.45, 2.75) is 13.3 Å². The number of allylic oxidation sites excluding steroid dienone is 2. The maximum atomic E-state index is 11.1. The topological polar surface area (TPSA) is 46.5 Å². The van der Waals surface area contributed by atoms with Crippen LogP contribution in [0.1, 0.15) is 22.8 Å². The summed E-state index contributed by atoms with van der Waals surface area (Å²) in [5.41, 5.74) is 2.00. The summed E-state index contributed by atoms with van der Waals surface area (Å²) in [4.78, 5) is 11.1. The van der Waals surface area contributed by atoms with E-state index in [9.17, 15) is 4.79 Å². The van der Waals surface area contributed by atoms with Crippen LogP contribution < -0.4 is 4.74 Å². The molecule has 0 fully saturated rings. The van der Waals surface area contributed by atoms with E-state index in [1.807, 2.05) is 13.0 Å². The summed E-state index contributed by atoms with van der Waals surface area (Å²) in [7, 11) is 0. The lowest BCUT2D eigenvalue weighted by molar-refractivity contribution is 0.0695. The van der Waals surface area contributed by atoms with Crippen molar-refractivity contribution in [1.82, 2.24) is 0 Å². The molecule has 0 bridgehead atoms. The molecule has 19 heavy (non-hydrogen) atoms. The zero-order valence-corrected chi connectivity index (χ0v) is 10.6. The largest absolute Gasteiger partial charge is 0.489 e. The fourth-order valence-electron chi connectivity index (χ4n) is 1.90. The lowest BCUT2D eigenvalue weighted by atomic mass is 10.0. The van der Waals surface area contributed by atoms with E-state index in [1.54, 1.807) is 30.4 Å². The minimum Gasteiger partial charge on any atom is -0.489 e. The first kappa shape index (κ1) is 13.4. The van der Waals surface area contributed by atoms with Crippen molar-refractivity contribution >= 4 is 5.97 Å². The van der Waals surface area contributed by atoms with Gasteiger partial charge in [-0.2, -0.15) is 0 Å². The summed E-state index contributed by atoms with van der Waals surface area (Å²) >= 11 is 0. The van der Waals surface area contributed by atoms with Gasteiger partial charge in [0.05, 0.1) is 5.56 Å². The van der Waals surface area contributed by atoms with Crippen molar-refractivity contribution in [3.05, 3.63) is 66.0 Å². The normalized spacial score (nSPS) is 14.1. The first-order valence-electron chi connectivity index (χ1n) is 6.07. The van der Waals surface area contributed by atoms with Gasteiger partial charge in [0.2, 0.25) is 0 Å². The van der Waals surface area contributed by atoms with Crippen LogP contribution in [0.2, 0.25) is 0 Å². The van der Waals surface area contributed by atoms with Crippen LogP contribution in [0, 0.1) is 12.8 Å². The fourth-order valence-corrected chi connectivity index (χ4v) is 1.90. The zero-order valence-electron chi connectivity index (χ0n) is 10.6. The Morgan fingerprint density at radius 1 is 1.37 bits per heavy atom. The second-order valence-corrected chi connectivity index (χ2v) is 4.07. The summed E-state index contributed by atoms with van der Waals surface area (Å²) in [6, 6.07) is 5.09. The molecule has 0 amide bonds. The molecule has 1 aromatic carbocycles. The molecular weight excluding hydrogens is 240 g/mol. The van der Waals surface area contributed by atoms with Gasteiger partial charge in [-0.25, -0.2) is 4.79 Å². The maximum Gasteiger partial charge on any atom is 0.336 e. The Morgan fingerprint density at radius 2 is 2.21 bits per heavy atom. The third-order valence-electron chi connectivity index (χ3n) is 2.83. The van der Waals surface area contributed by atoms with Gasteiger partial charge >= 0.3 is 5.97 Å². The number of carboxylic acids is 1. The number of hydrogen-bond donors (Lipinski definition) is 1. The highest BCUT2D eigenvalue weighted by molar-refractivity contribution is 5.90. The van der Waals surface area contributed by atoms with E-state index in [2.05, 4.69) is 12.8 Å². The van der Waals surface area contributed by atoms with E-state index in [1.165, 1.54) is 0 Å². The Hall–Kier alpha value is -2.03. The Balaban J connectivity index is 2.15. The fraction of sp³-hybridized carbons (Fsp3) is 0.188. The SMILES string of the molecule is CCc1c(OCC2=C[C][C]C=C2)cccc1C(=O)O. The molecule has 0 heterocycles. The molecule has 1 aliphatic carbocycles. The van der Waals surface area contributed by atoms with Crippen LogP contribution in [0.4, 0.5) is 0 Å². The van der Waals surface area contributed by atoms with E-state index < -0.39 is 5.97 Å². The molecule has 2 rings (SSSR count). The number of aromatic carboxylic acids is 1. The van der Waals surface area contributed by atoms with Crippen molar-refractivity contribution < 1.29 is 14.6 Å². The molecule has 0 aromatic heterocycles. The Bertz CT molecular complexity index is 527. The smallest absolute Gasteiger partial charge is 0.336 e. The number of hydrogen-bond acceptors (Lipinski definition) is 2. The van der Waals surface area contributed by atoms with Gasteiger partial charge in [0.1, 0.15) is 12.4 Å². The molecule has 0 aliphatic heterocycles. The van der Waals surface area contributed by atoms with Gasteiger partial charge in [-0.3, -0.25) is 0 Å². The number of benzene rings is 1. The predicted octanol–water partition coefficient (Wildman–Crippen LogP) is 2.98. The lowest BCUT2D eigenvalue weighted by Crippen LogP contribution is -2.07. The summed E-state index contributed by atoms with van der Waals surface area (Å²) in [5.74, 6) is -0.305. The Kier molecular flexibility index (Phi) is 4.39. The van der Waals surface area contributed by atoms with E-state index in [0.29, 0.717) is 24.3 Å². The highest BCUT2D eigenvalue weighted by Gasteiger charge is 2.13. The molecule has 0 atom stereocenters. The zero-order chi connectivity index (χ0) is 13.7. The highest BCUT2D eigenvalue weighted by atomic mass is 16.5. The van der Waals surface area contributed by atoms with Crippen molar-refractivity contribution in [2.75, 3.05) is 6.61 Å². The van der Waals surface area contributed by atoms with Gasteiger partial charge in [0, 0.05) is 18.4 Å². The first-order chi connectivity index (χ1) is 9.22. The van der Waals surface area contributed by atoms with Crippen LogP contribution in [0.5, 0.6) is 5.75 Å². The van der Waals surface area contributed by atoms with Crippen LogP contribution >= 0.6 is 0 Å². The summed E-state index contributed by atoms with van der Waals surface area (Å²) in [6.45, 7) is 2.31. The summed E-state index contributed by atoms with van der Waals surface area (Å²) < 4.78 is 5.71. The van der Waals surface area contributed by atoms with E-state index in [4.69, 9.17) is 9.84 Å². The standard InChI is InChI=1S/C16H14O3/c1-2-13-14(16(17)18)9-6-10-15(13)19-11-12-7-4-3-5-8-12/h4,6-10H,2,11H2,1H3,(H,17,18). The van der Waals surface area contributed by atoms with Gasteiger partial charge in [0.25, 0.3) is 0 Å². The van der Waals surface area contributed by atoms with Gasteiger partial charge in [0.15, 0.2) is 0 Å². The Labute approximate surface area is 113 Å². The number of carbonyl (C=O) groups is 1. The van der Waals surface area contributed by atoms with Gasteiger partial charge in [-0.1, -0.05) is 31.2 Å². The molecule has 4 radical (unpaired) electrons. The minimum atomic E-state index is -0.926. The molecule has 3 nitrogen and oxygen atoms in total. The van der Waals surface area contributed by atoms with Crippen LogP contribution in [-0.4, -0.2) is 17.7 Å². The summed E-state index contributed by atoms with van der Waals surface area (Å²) in [5, 5.41) is 9.14. The highest BCUT2D eigenvalue weighted by Crippen LogP contribution is 2.24. The quantitative estimate of drug-likeness (QED) is 0.878. The number of ether oxygens (including phenoxy) is 1. The predicted molar refractivity (Wildman–Crippen MR) is 72.0 cm³/mol. The molecule has 1 aromatic rings. The van der Waals surface area contributed by atoms with Gasteiger partial charge in [-0.15, -0.1) is 0 Å². The molecule has 0 saturated carbocycles. The monoisotopic (exact) mass is 254 g/mol. The van der Waals surface area contributed by atoms with Gasteiger partial charge < -0.3 is 9.84 Å². The molecule has 0 unspecified atom stereocenters. The summed E-state index contributed by atoms with van der Waals surface area (Å²) in [6.07, 6.45) is 11.8. The third kappa shape index (κ3) is 3.25. The van der Waals surface area contributed by atoms with Crippen molar-refractivity contribution in [1.29, 1.82) is 0 Å². The lowest BCUT2D eigenvalue weighted by Gasteiger charge is -2.13.